The number of ketones is 3. The third-order valence-electron chi connectivity index (χ3n) is 4.18. The minimum Gasteiger partial charge on any atom is -0.293 e. The van der Waals surface area contributed by atoms with Gasteiger partial charge in [-0.3, -0.25) is 14.4 Å². The number of rotatable bonds is 4. The van der Waals surface area contributed by atoms with Gasteiger partial charge in [0.25, 0.3) is 0 Å². The van der Waals surface area contributed by atoms with Gasteiger partial charge in [0.1, 0.15) is 17.7 Å². The molecule has 7 nitrogen and oxygen atoms in total. The maximum atomic E-state index is 12.8. The van der Waals surface area contributed by atoms with Crippen LogP contribution in [0.25, 0.3) is 12.2 Å². The number of Topliss-reactive ketones (excluding diaryl/α,β-unsaturated/α-hetero) is 3. The fourth-order valence-corrected chi connectivity index (χ4v) is 2.80. The Morgan fingerprint density at radius 2 is 1.67 bits per heavy atom. The van der Waals surface area contributed by atoms with Crippen molar-refractivity contribution in [2.45, 2.75) is 33.1 Å². The standard InChI is InChI=1S/C20H18N4O3/c1-12(25)17-6-7-21-19(24-17)9-15-5-3-4-14(20(15)27)8-16-10-18(13(2)26)23-11-22-16/h6-11H,3-5H2,1-2H3/b14-8+,15-9+. The zero-order valence-corrected chi connectivity index (χ0v) is 15.1. The minimum absolute atomic E-state index is 0.0962. The normalized spacial score (nSPS) is 17.3. The van der Waals surface area contributed by atoms with Crippen molar-refractivity contribution in [3.05, 3.63) is 58.7 Å². The van der Waals surface area contributed by atoms with Crippen molar-refractivity contribution in [2.24, 2.45) is 0 Å². The molecule has 0 bridgehead atoms. The van der Waals surface area contributed by atoms with Crippen LogP contribution in [-0.4, -0.2) is 37.3 Å². The summed E-state index contributed by atoms with van der Waals surface area (Å²) in [6.07, 6.45) is 8.19. The Morgan fingerprint density at radius 3 is 2.37 bits per heavy atom. The van der Waals surface area contributed by atoms with E-state index in [1.807, 2.05) is 0 Å². The number of hydrogen-bond donors (Lipinski definition) is 0. The molecule has 27 heavy (non-hydrogen) atoms. The number of allylic oxidation sites excluding steroid dienone is 2. The lowest BCUT2D eigenvalue weighted by Gasteiger charge is -2.16. The first kappa shape index (κ1) is 18.4. The van der Waals surface area contributed by atoms with Crippen molar-refractivity contribution < 1.29 is 14.4 Å². The molecule has 7 heteroatoms. The first-order valence-corrected chi connectivity index (χ1v) is 8.57. The average Bonchev–Trinajstić information content (AvgIpc) is 2.65. The Kier molecular flexibility index (Phi) is 5.40. The molecule has 3 rings (SSSR count). The van der Waals surface area contributed by atoms with Gasteiger partial charge in [0.15, 0.2) is 23.2 Å². The second-order valence-corrected chi connectivity index (χ2v) is 6.26. The van der Waals surface area contributed by atoms with Crippen molar-refractivity contribution >= 4 is 29.5 Å². The van der Waals surface area contributed by atoms with Gasteiger partial charge in [-0.05, 0) is 43.5 Å². The fourth-order valence-electron chi connectivity index (χ4n) is 2.80. The predicted molar refractivity (Wildman–Crippen MR) is 98.9 cm³/mol. The van der Waals surface area contributed by atoms with Crippen LogP contribution in [0.15, 0.2) is 35.8 Å². The third-order valence-corrected chi connectivity index (χ3v) is 4.18. The molecule has 0 N–H and O–H groups in total. The van der Waals surface area contributed by atoms with Crippen LogP contribution in [0.2, 0.25) is 0 Å². The van der Waals surface area contributed by atoms with Crippen LogP contribution >= 0.6 is 0 Å². The average molecular weight is 362 g/mol. The quantitative estimate of drug-likeness (QED) is 0.608. The topological polar surface area (TPSA) is 103 Å². The van der Waals surface area contributed by atoms with Crippen molar-refractivity contribution in [3.63, 3.8) is 0 Å². The number of nitrogens with zero attached hydrogens (tertiary/aromatic N) is 4. The molecule has 136 valence electrons. The van der Waals surface area contributed by atoms with E-state index in [1.54, 1.807) is 24.3 Å². The summed E-state index contributed by atoms with van der Waals surface area (Å²) in [4.78, 5) is 52.0. The summed E-state index contributed by atoms with van der Waals surface area (Å²) < 4.78 is 0. The highest BCUT2D eigenvalue weighted by Gasteiger charge is 2.21. The Labute approximate surface area is 156 Å². The van der Waals surface area contributed by atoms with E-state index < -0.39 is 0 Å². The van der Waals surface area contributed by atoms with Crippen LogP contribution in [0.5, 0.6) is 0 Å². The molecule has 0 aliphatic heterocycles. The summed E-state index contributed by atoms with van der Waals surface area (Å²) in [6.45, 7) is 2.86. The summed E-state index contributed by atoms with van der Waals surface area (Å²) >= 11 is 0. The van der Waals surface area contributed by atoms with Gasteiger partial charge in [0.2, 0.25) is 0 Å². The van der Waals surface area contributed by atoms with Crippen molar-refractivity contribution in [1.82, 2.24) is 19.9 Å². The van der Waals surface area contributed by atoms with E-state index >= 15 is 0 Å². The number of carbonyl (C=O) groups excluding carboxylic acids is 3. The van der Waals surface area contributed by atoms with Gasteiger partial charge in [-0.2, -0.15) is 0 Å². The van der Waals surface area contributed by atoms with Crippen LogP contribution in [0.3, 0.4) is 0 Å². The van der Waals surface area contributed by atoms with Crippen molar-refractivity contribution in [2.75, 3.05) is 0 Å². The molecule has 1 aliphatic rings. The summed E-state index contributed by atoms with van der Waals surface area (Å²) in [5.41, 5.74) is 2.35. The molecule has 0 atom stereocenters. The molecule has 0 saturated heterocycles. The highest BCUT2D eigenvalue weighted by molar-refractivity contribution is 6.13. The molecule has 2 heterocycles. The Hall–Kier alpha value is -3.35. The van der Waals surface area contributed by atoms with Gasteiger partial charge in [-0.1, -0.05) is 0 Å². The van der Waals surface area contributed by atoms with E-state index in [0.29, 0.717) is 46.9 Å². The van der Waals surface area contributed by atoms with Crippen LogP contribution in [-0.2, 0) is 4.79 Å². The van der Waals surface area contributed by atoms with Gasteiger partial charge in [0, 0.05) is 31.2 Å². The predicted octanol–water partition coefficient (Wildman–Crippen LogP) is 2.89. The Morgan fingerprint density at radius 1 is 0.963 bits per heavy atom. The molecule has 1 saturated carbocycles. The second-order valence-electron chi connectivity index (χ2n) is 6.26. The lowest BCUT2D eigenvalue weighted by molar-refractivity contribution is -0.112. The molecular weight excluding hydrogens is 344 g/mol. The molecule has 0 radical (unpaired) electrons. The highest BCUT2D eigenvalue weighted by atomic mass is 16.1. The van der Waals surface area contributed by atoms with Gasteiger partial charge in [-0.25, -0.2) is 19.9 Å². The van der Waals surface area contributed by atoms with E-state index in [4.69, 9.17) is 0 Å². The van der Waals surface area contributed by atoms with E-state index in [-0.39, 0.29) is 17.3 Å². The van der Waals surface area contributed by atoms with E-state index in [9.17, 15) is 14.4 Å². The lowest BCUT2D eigenvalue weighted by atomic mass is 9.88. The summed E-state index contributed by atoms with van der Waals surface area (Å²) in [5, 5.41) is 0. The summed E-state index contributed by atoms with van der Waals surface area (Å²) in [7, 11) is 0. The van der Waals surface area contributed by atoms with Crippen LogP contribution in [0.1, 0.15) is 65.6 Å². The van der Waals surface area contributed by atoms with E-state index in [1.165, 1.54) is 26.4 Å². The minimum atomic E-state index is -0.157. The SMILES string of the molecule is CC(=O)c1cc(/C=C2\CCC/C(=C\c3nccc(C(C)=O)n3)C2=O)ncn1. The van der Waals surface area contributed by atoms with Crippen LogP contribution in [0, 0.1) is 0 Å². The number of hydrogen-bond acceptors (Lipinski definition) is 7. The van der Waals surface area contributed by atoms with Crippen molar-refractivity contribution in [3.8, 4) is 0 Å². The molecule has 0 amide bonds. The summed E-state index contributed by atoms with van der Waals surface area (Å²) in [6, 6.07) is 3.11. The number of aromatic nitrogens is 4. The fraction of sp³-hybridized carbons (Fsp3) is 0.250. The zero-order chi connectivity index (χ0) is 19.4. The molecule has 2 aromatic heterocycles. The van der Waals surface area contributed by atoms with Crippen molar-refractivity contribution in [1.29, 1.82) is 0 Å². The van der Waals surface area contributed by atoms with Gasteiger partial charge in [0.05, 0.1) is 5.69 Å². The summed E-state index contributed by atoms with van der Waals surface area (Å²) in [5.74, 6) is -0.0676. The Balaban J connectivity index is 1.90. The van der Waals surface area contributed by atoms with E-state index in [0.717, 1.165) is 6.42 Å². The van der Waals surface area contributed by atoms with Crippen LogP contribution < -0.4 is 0 Å². The van der Waals surface area contributed by atoms with Gasteiger partial charge in [-0.15, -0.1) is 0 Å². The first-order valence-electron chi connectivity index (χ1n) is 8.57. The number of carbonyl (C=O) groups is 3. The molecule has 0 spiro atoms. The molecule has 1 aliphatic carbocycles. The molecule has 0 aromatic carbocycles. The molecule has 0 unspecified atom stereocenters. The smallest absolute Gasteiger partial charge is 0.185 e. The first-order chi connectivity index (χ1) is 12.9. The largest absolute Gasteiger partial charge is 0.293 e. The lowest BCUT2D eigenvalue weighted by Crippen LogP contribution is -2.13. The maximum Gasteiger partial charge on any atom is 0.185 e. The molecule has 1 fully saturated rings. The monoisotopic (exact) mass is 362 g/mol. The second kappa shape index (κ2) is 7.90. The Bertz CT molecular complexity index is 915. The highest BCUT2D eigenvalue weighted by Crippen LogP contribution is 2.27. The van der Waals surface area contributed by atoms with Gasteiger partial charge < -0.3 is 0 Å². The zero-order valence-electron chi connectivity index (χ0n) is 15.1. The van der Waals surface area contributed by atoms with E-state index in [2.05, 4.69) is 19.9 Å². The maximum absolute atomic E-state index is 12.8. The third kappa shape index (κ3) is 4.44. The molecular formula is C20H18N4O3. The molecule has 2 aromatic rings. The van der Waals surface area contributed by atoms with Gasteiger partial charge >= 0.3 is 0 Å². The van der Waals surface area contributed by atoms with Crippen LogP contribution in [0.4, 0.5) is 0 Å².